The fourth-order valence-electron chi connectivity index (χ4n) is 1.86. The van der Waals surface area contributed by atoms with Gasteiger partial charge in [0.05, 0.1) is 0 Å². The van der Waals surface area contributed by atoms with Crippen LogP contribution in [0.4, 0.5) is 0 Å². The Bertz CT molecular complexity index is 656. The Hall–Kier alpha value is -1.58. The number of hydrogen-bond acceptors (Lipinski definition) is 2. The molecule has 5 heteroatoms. The predicted octanol–water partition coefficient (Wildman–Crippen LogP) is 4.44. The third kappa shape index (κ3) is 4.19. The van der Waals surface area contributed by atoms with Crippen LogP contribution in [0, 0.1) is 0 Å². The molecule has 1 N–H and O–H groups in total. The number of halogens is 2. The first-order chi connectivity index (χ1) is 9.97. The van der Waals surface area contributed by atoms with E-state index in [0.717, 1.165) is 11.3 Å². The largest absolute Gasteiger partial charge is 0.348 e. The van der Waals surface area contributed by atoms with Crippen molar-refractivity contribution in [1.29, 1.82) is 0 Å². The first kappa shape index (κ1) is 15.8. The van der Waals surface area contributed by atoms with Gasteiger partial charge in [0.25, 0.3) is 5.91 Å². The highest BCUT2D eigenvalue weighted by Crippen LogP contribution is 2.18. The summed E-state index contributed by atoms with van der Waals surface area (Å²) >= 11 is 12.0. The monoisotopic (exact) mass is 322 g/mol. The Kier molecular flexibility index (Phi) is 5.21. The van der Waals surface area contributed by atoms with Crippen LogP contribution in [0.15, 0.2) is 36.4 Å². The van der Waals surface area contributed by atoms with Crippen LogP contribution in [0.2, 0.25) is 10.2 Å². The molecule has 0 saturated heterocycles. The van der Waals surface area contributed by atoms with Crippen molar-refractivity contribution in [3.8, 4) is 0 Å². The van der Waals surface area contributed by atoms with Crippen LogP contribution in [0.1, 0.15) is 41.4 Å². The predicted molar refractivity (Wildman–Crippen MR) is 86.0 cm³/mol. The quantitative estimate of drug-likeness (QED) is 0.845. The highest BCUT2D eigenvalue weighted by molar-refractivity contribution is 6.31. The van der Waals surface area contributed by atoms with Gasteiger partial charge in [0.1, 0.15) is 5.15 Å². The molecule has 110 valence electrons. The summed E-state index contributed by atoms with van der Waals surface area (Å²) in [5, 5.41) is 3.80. The lowest BCUT2D eigenvalue weighted by atomic mass is 10.1. The lowest BCUT2D eigenvalue weighted by Gasteiger charge is -2.10. The van der Waals surface area contributed by atoms with Crippen molar-refractivity contribution in [3.63, 3.8) is 0 Å². The summed E-state index contributed by atoms with van der Waals surface area (Å²) in [5.41, 5.74) is 2.17. The highest BCUT2D eigenvalue weighted by Gasteiger charge is 2.11. The normalized spacial score (nSPS) is 10.7. The summed E-state index contributed by atoms with van der Waals surface area (Å²) in [7, 11) is 0. The van der Waals surface area contributed by atoms with Gasteiger partial charge in [-0.1, -0.05) is 55.2 Å². The zero-order valence-electron chi connectivity index (χ0n) is 11.9. The van der Waals surface area contributed by atoms with E-state index in [1.807, 2.05) is 32.0 Å². The molecule has 21 heavy (non-hydrogen) atoms. The van der Waals surface area contributed by atoms with E-state index < -0.39 is 0 Å². The highest BCUT2D eigenvalue weighted by atomic mass is 35.5. The van der Waals surface area contributed by atoms with Crippen LogP contribution in [0.3, 0.4) is 0 Å². The number of carbonyl (C=O) groups excluding carboxylic acids is 1. The van der Waals surface area contributed by atoms with E-state index in [2.05, 4.69) is 10.3 Å². The number of nitrogens with zero attached hydrogens (tertiary/aromatic N) is 1. The number of amides is 1. The third-order valence-corrected chi connectivity index (χ3v) is 3.63. The Balaban J connectivity index is 2.12. The molecule has 1 heterocycles. The Morgan fingerprint density at radius 3 is 2.62 bits per heavy atom. The van der Waals surface area contributed by atoms with Crippen LogP contribution in [0.5, 0.6) is 0 Å². The molecule has 1 aromatic heterocycles. The SMILES string of the molecule is CC(C)c1cc(C(=O)NCc2ccccc2Cl)cc(Cl)n1. The van der Waals surface area contributed by atoms with E-state index in [4.69, 9.17) is 23.2 Å². The summed E-state index contributed by atoms with van der Waals surface area (Å²) in [6.45, 7) is 4.38. The van der Waals surface area contributed by atoms with Gasteiger partial charge in [0.2, 0.25) is 0 Å². The van der Waals surface area contributed by atoms with Gasteiger partial charge in [-0.05, 0) is 29.7 Å². The molecule has 1 aromatic carbocycles. The van der Waals surface area contributed by atoms with Crippen LogP contribution >= 0.6 is 23.2 Å². The number of aromatic nitrogens is 1. The molecule has 0 aliphatic carbocycles. The average Bonchev–Trinajstić information content (AvgIpc) is 2.45. The summed E-state index contributed by atoms with van der Waals surface area (Å²) < 4.78 is 0. The second kappa shape index (κ2) is 6.92. The molecule has 0 aliphatic rings. The molecule has 3 nitrogen and oxygen atoms in total. The number of rotatable bonds is 4. The zero-order valence-corrected chi connectivity index (χ0v) is 13.4. The average molecular weight is 323 g/mol. The van der Waals surface area contributed by atoms with Gasteiger partial charge in [-0.25, -0.2) is 4.98 Å². The number of nitrogens with one attached hydrogen (secondary N) is 1. The topological polar surface area (TPSA) is 42.0 Å². The molecule has 0 radical (unpaired) electrons. The minimum atomic E-state index is -0.193. The summed E-state index contributed by atoms with van der Waals surface area (Å²) in [6.07, 6.45) is 0. The van der Waals surface area contributed by atoms with Gasteiger partial charge in [-0.2, -0.15) is 0 Å². The maximum Gasteiger partial charge on any atom is 0.251 e. The van der Waals surface area contributed by atoms with Gasteiger partial charge in [-0.3, -0.25) is 4.79 Å². The fraction of sp³-hybridized carbons (Fsp3) is 0.250. The van der Waals surface area contributed by atoms with E-state index in [-0.39, 0.29) is 11.8 Å². The first-order valence-electron chi connectivity index (χ1n) is 6.66. The van der Waals surface area contributed by atoms with Crippen molar-refractivity contribution >= 4 is 29.1 Å². The second-order valence-corrected chi connectivity index (χ2v) is 5.83. The summed E-state index contributed by atoms with van der Waals surface area (Å²) in [4.78, 5) is 16.4. The first-order valence-corrected chi connectivity index (χ1v) is 7.42. The maximum absolute atomic E-state index is 12.2. The molecule has 0 spiro atoms. The molecular formula is C16H16Cl2N2O. The van der Waals surface area contributed by atoms with Crippen molar-refractivity contribution in [2.45, 2.75) is 26.3 Å². The second-order valence-electron chi connectivity index (χ2n) is 5.03. The van der Waals surface area contributed by atoms with Crippen molar-refractivity contribution in [1.82, 2.24) is 10.3 Å². The third-order valence-electron chi connectivity index (χ3n) is 3.06. The van der Waals surface area contributed by atoms with Gasteiger partial charge in [0, 0.05) is 22.8 Å². The van der Waals surface area contributed by atoms with E-state index in [1.54, 1.807) is 18.2 Å². The van der Waals surface area contributed by atoms with Gasteiger partial charge in [-0.15, -0.1) is 0 Å². The Morgan fingerprint density at radius 1 is 1.24 bits per heavy atom. The maximum atomic E-state index is 12.2. The van der Waals surface area contributed by atoms with E-state index >= 15 is 0 Å². The summed E-state index contributed by atoms with van der Waals surface area (Å²) in [5.74, 6) is 0.0138. The van der Waals surface area contributed by atoms with Crippen LogP contribution in [-0.4, -0.2) is 10.9 Å². The van der Waals surface area contributed by atoms with Gasteiger partial charge in [0.15, 0.2) is 0 Å². The minimum Gasteiger partial charge on any atom is -0.348 e. The molecule has 0 unspecified atom stereocenters. The van der Waals surface area contributed by atoms with E-state index in [9.17, 15) is 4.79 Å². The fourth-order valence-corrected chi connectivity index (χ4v) is 2.28. The molecule has 2 rings (SSSR count). The molecule has 0 fully saturated rings. The molecule has 0 saturated carbocycles. The van der Waals surface area contributed by atoms with Crippen LogP contribution in [-0.2, 0) is 6.54 Å². The molecule has 0 aliphatic heterocycles. The lowest BCUT2D eigenvalue weighted by Crippen LogP contribution is -2.23. The Morgan fingerprint density at radius 2 is 1.95 bits per heavy atom. The standard InChI is InChI=1S/C16H16Cl2N2O/c1-10(2)14-7-12(8-15(18)20-14)16(21)19-9-11-5-3-4-6-13(11)17/h3-8,10H,9H2,1-2H3,(H,19,21). The number of pyridine rings is 1. The molecule has 1 amide bonds. The van der Waals surface area contributed by atoms with Crippen molar-refractivity contribution in [2.24, 2.45) is 0 Å². The van der Waals surface area contributed by atoms with Crippen molar-refractivity contribution in [2.75, 3.05) is 0 Å². The van der Waals surface area contributed by atoms with Crippen LogP contribution in [0.25, 0.3) is 0 Å². The molecule has 0 bridgehead atoms. The smallest absolute Gasteiger partial charge is 0.251 e. The molecule has 2 aromatic rings. The Labute approximate surface area is 134 Å². The van der Waals surface area contributed by atoms with E-state index in [0.29, 0.717) is 22.3 Å². The summed E-state index contributed by atoms with van der Waals surface area (Å²) in [6, 6.07) is 10.7. The molecular weight excluding hydrogens is 307 g/mol. The molecule has 0 atom stereocenters. The van der Waals surface area contributed by atoms with Crippen molar-refractivity contribution < 1.29 is 4.79 Å². The van der Waals surface area contributed by atoms with Gasteiger partial charge >= 0.3 is 0 Å². The van der Waals surface area contributed by atoms with Gasteiger partial charge < -0.3 is 5.32 Å². The number of hydrogen-bond donors (Lipinski definition) is 1. The van der Waals surface area contributed by atoms with Crippen LogP contribution < -0.4 is 5.32 Å². The zero-order chi connectivity index (χ0) is 15.4. The van der Waals surface area contributed by atoms with Crippen molar-refractivity contribution in [3.05, 3.63) is 63.4 Å². The lowest BCUT2D eigenvalue weighted by molar-refractivity contribution is 0.0950. The number of carbonyl (C=O) groups is 1. The minimum absolute atomic E-state index is 0.193. The number of benzene rings is 1. The van der Waals surface area contributed by atoms with E-state index in [1.165, 1.54) is 0 Å².